The molecular weight excluding hydrogens is 288 g/mol. The van der Waals surface area contributed by atoms with Crippen molar-refractivity contribution < 1.29 is 4.74 Å². The fourth-order valence-electron chi connectivity index (χ4n) is 2.41. The van der Waals surface area contributed by atoms with E-state index in [0.717, 1.165) is 51.8 Å². The molecule has 23 heavy (non-hydrogen) atoms. The van der Waals surface area contributed by atoms with E-state index < -0.39 is 0 Å². The predicted octanol–water partition coefficient (Wildman–Crippen LogP) is 2.28. The first-order valence-corrected chi connectivity index (χ1v) is 8.58. The molecular formula is C18H36N4O. The lowest BCUT2D eigenvalue weighted by Crippen LogP contribution is -2.49. The van der Waals surface area contributed by atoms with Crippen molar-refractivity contribution in [1.82, 2.24) is 15.5 Å². The summed E-state index contributed by atoms with van der Waals surface area (Å²) in [5, 5.41) is 6.75. The molecule has 0 amide bonds. The minimum atomic E-state index is 0.396. The summed E-state index contributed by atoms with van der Waals surface area (Å²) in [6.45, 7) is 19.2. The van der Waals surface area contributed by atoms with E-state index in [9.17, 15) is 0 Å². The Hall–Kier alpha value is -1.33. The zero-order valence-corrected chi connectivity index (χ0v) is 15.5. The molecule has 1 atom stereocenters. The van der Waals surface area contributed by atoms with E-state index in [1.807, 2.05) is 19.1 Å². The van der Waals surface area contributed by atoms with Crippen LogP contribution in [0.25, 0.3) is 0 Å². The van der Waals surface area contributed by atoms with Crippen LogP contribution in [0.1, 0.15) is 27.2 Å². The molecule has 0 radical (unpaired) electrons. The number of nitrogens with one attached hydrogen (secondary N) is 2. The lowest BCUT2D eigenvalue weighted by atomic mass is 10.0. The standard InChI is InChI=1S/C18H36N4O/c1-7-12-22(13-8-2)17(16(4)5)15-21-18(19-6)20-11-10-14-23-9-3/h7-8,16-17H,1-2,9-15H2,3-6H3,(H2,19,20,21). The normalized spacial score (nSPS) is 13.2. The highest BCUT2D eigenvalue weighted by Gasteiger charge is 2.20. The Bertz CT molecular complexity index is 332. The van der Waals surface area contributed by atoms with Gasteiger partial charge in [-0.05, 0) is 19.3 Å². The number of aliphatic imine (C=N–C) groups is 1. The predicted molar refractivity (Wildman–Crippen MR) is 101 cm³/mol. The third-order valence-corrected chi connectivity index (χ3v) is 3.63. The Balaban J connectivity index is 4.40. The van der Waals surface area contributed by atoms with Gasteiger partial charge in [0.25, 0.3) is 0 Å². The lowest BCUT2D eigenvalue weighted by molar-refractivity contribution is 0.145. The summed E-state index contributed by atoms with van der Waals surface area (Å²) in [6, 6.07) is 0.396. The highest BCUT2D eigenvalue weighted by atomic mass is 16.5. The van der Waals surface area contributed by atoms with E-state index in [-0.39, 0.29) is 0 Å². The van der Waals surface area contributed by atoms with Gasteiger partial charge in [-0.1, -0.05) is 26.0 Å². The average molecular weight is 325 g/mol. The van der Waals surface area contributed by atoms with Crippen molar-refractivity contribution in [3.63, 3.8) is 0 Å². The van der Waals surface area contributed by atoms with Crippen LogP contribution in [0.2, 0.25) is 0 Å². The zero-order valence-electron chi connectivity index (χ0n) is 15.5. The van der Waals surface area contributed by atoms with Crippen molar-refractivity contribution in [3.8, 4) is 0 Å². The maximum absolute atomic E-state index is 5.34. The monoisotopic (exact) mass is 324 g/mol. The summed E-state index contributed by atoms with van der Waals surface area (Å²) in [7, 11) is 1.80. The van der Waals surface area contributed by atoms with Gasteiger partial charge in [0.2, 0.25) is 0 Å². The number of rotatable bonds is 13. The van der Waals surface area contributed by atoms with Crippen molar-refractivity contribution in [2.24, 2.45) is 10.9 Å². The third kappa shape index (κ3) is 10.1. The van der Waals surface area contributed by atoms with Crippen LogP contribution in [-0.2, 0) is 4.74 Å². The maximum Gasteiger partial charge on any atom is 0.191 e. The Morgan fingerprint density at radius 1 is 1.22 bits per heavy atom. The second kappa shape index (κ2) is 14.3. The van der Waals surface area contributed by atoms with Crippen molar-refractivity contribution >= 4 is 5.96 Å². The summed E-state index contributed by atoms with van der Waals surface area (Å²) in [4.78, 5) is 6.66. The Morgan fingerprint density at radius 2 is 1.87 bits per heavy atom. The van der Waals surface area contributed by atoms with E-state index in [1.54, 1.807) is 7.05 Å². The largest absolute Gasteiger partial charge is 0.382 e. The molecule has 2 N–H and O–H groups in total. The molecule has 134 valence electrons. The molecule has 0 spiro atoms. The van der Waals surface area contributed by atoms with E-state index in [0.29, 0.717) is 12.0 Å². The number of nitrogens with zero attached hydrogens (tertiary/aromatic N) is 2. The minimum Gasteiger partial charge on any atom is -0.382 e. The molecule has 1 unspecified atom stereocenters. The maximum atomic E-state index is 5.34. The topological polar surface area (TPSA) is 48.9 Å². The summed E-state index contributed by atoms with van der Waals surface area (Å²) < 4.78 is 5.34. The molecule has 0 fully saturated rings. The molecule has 0 aromatic carbocycles. The molecule has 0 bridgehead atoms. The molecule has 5 heteroatoms. The quantitative estimate of drug-likeness (QED) is 0.236. The summed E-state index contributed by atoms with van der Waals surface area (Å²) in [5.41, 5.74) is 0. The Labute approximate surface area is 142 Å². The second-order valence-corrected chi connectivity index (χ2v) is 5.77. The average Bonchev–Trinajstić information content (AvgIpc) is 2.53. The van der Waals surface area contributed by atoms with Crippen molar-refractivity contribution in [2.75, 3.05) is 46.4 Å². The number of ether oxygens (including phenoxy) is 1. The third-order valence-electron chi connectivity index (χ3n) is 3.63. The van der Waals surface area contributed by atoms with Crippen LogP contribution in [0, 0.1) is 5.92 Å². The molecule has 0 aromatic rings. The first-order chi connectivity index (χ1) is 11.1. The fraction of sp³-hybridized carbons (Fsp3) is 0.722. The molecule has 0 saturated heterocycles. The van der Waals surface area contributed by atoms with Gasteiger partial charge in [0.15, 0.2) is 5.96 Å². The zero-order chi connectivity index (χ0) is 17.5. The van der Waals surface area contributed by atoms with Crippen molar-refractivity contribution in [1.29, 1.82) is 0 Å². The molecule has 0 heterocycles. The van der Waals surface area contributed by atoms with Crippen LogP contribution >= 0.6 is 0 Å². The van der Waals surface area contributed by atoms with Crippen LogP contribution in [0.15, 0.2) is 30.3 Å². The van der Waals surface area contributed by atoms with Crippen molar-refractivity contribution in [3.05, 3.63) is 25.3 Å². The number of guanidine groups is 1. The van der Waals surface area contributed by atoms with Crippen LogP contribution in [-0.4, -0.2) is 63.3 Å². The van der Waals surface area contributed by atoms with Gasteiger partial charge in [-0.2, -0.15) is 0 Å². The van der Waals surface area contributed by atoms with Gasteiger partial charge in [0.05, 0.1) is 0 Å². The van der Waals surface area contributed by atoms with E-state index in [4.69, 9.17) is 4.74 Å². The van der Waals surface area contributed by atoms with Gasteiger partial charge in [-0.25, -0.2) is 0 Å². The number of hydrogen-bond donors (Lipinski definition) is 2. The van der Waals surface area contributed by atoms with Gasteiger partial charge in [0.1, 0.15) is 0 Å². The first kappa shape index (κ1) is 21.7. The Morgan fingerprint density at radius 3 is 2.35 bits per heavy atom. The first-order valence-electron chi connectivity index (χ1n) is 8.58. The van der Waals surface area contributed by atoms with Gasteiger partial charge in [0, 0.05) is 52.5 Å². The number of hydrogen-bond acceptors (Lipinski definition) is 3. The molecule has 5 nitrogen and oxygen atoms in total. The molecule has 0 rings (SSSR count). The summed E-state index contributed by atoms with van der Waals surface area (Å²) in [5.74, 6) is 1.36. The molecule has 0 aliphatic heterocycles. The van der Waals surface area contributed by atoms with Gasteiger partial charge in [-0.15, -0.1) is 13.2 Å². The van der Waals surface area contributed by atoms with Gasteiger partial charge < -0.3 is 15.4 Å². The molecule has 0 aliphatic rings. The fourth-order valence-corrected chi connectivity index (χ4v) is 2.41. The van der Waals surface area contributed by atoms with E-state index in [2.05, 4.69) is 47.5 Å². The SMILES string of the molecule is C=CCN(CC=C)C(CNC(=NC)NCCCOCC)C(C)C. The lowest BCUT2D eigenvalue weighted by Gasteiger charge is -2.33. The van der Waals surface area contributed by atoms with Crippen LogP contribution in [0.4, 0.5) is 0 Å². The smallest absolute Gasteiger partial charge is 0.191 e. The van der Waals surface area contributed by atoms with Gasteiger partial charge >= 0.3 is 0 Å². The van der Waals surface area contributed by atoms with E-state index >= 15 is 0 Å². The summed E-state index contributed by atoms with van der Waals surface area (Å²) >= 11 is 0. The van der Waals surface area contributed by atoms with Crippen molar-refractivity contribution in [2.45, 2.75) is 33.2 Å². The minimum absolute atomic E-state index is 0.396. The highest BCUT2D eigenvalue weighted by molar-refractivity contribution is 5.79. The summed E-state index contributed by atoms with van der Waals surface area (Å²) in [6.07, 6.45) is 4.86. The van der Waals surface area contributed by atoms with Crippen LogP contribution in [0.5, 0.6) is 0 Å². The van der Waals surface area contributed by atoms with Crippen LogP contribution in [0.3, 0.4) is 0 Å². The molecule has 0 saturated carbocycles. The Kier molecular flexibility index (Phi) is 13.4. The second-order valence-electron chi connectivity index (χ2n) is 5.77. The van der Waals surface area contributed by atoms with E-state index in [1.165, 1.54) is 0 Å². The van der Waals surface area contributed by atoms with Crippen LogP contribution < -0.4 is 10.6 Å². The molecule has 0 aromatic heterocycles. The highest BCUT2D eigenvalue weighted by Crippen LogP contribution is 2.10. The molecule has 0 aliphatic carbocycles. The van der Waals surface area contributed by atoms with Gasteiger partial charge in [-0.3, -0.25) is 9.89 Å².